The summed E-state index contributed by atoms with van der Waals surface area (Å²) in [4.78, 5) is 28.3. The molecule has 0 spiro atoms. The number of hydrogen-bond donors (Lipinski definition) is 0. The SMILES string of the molecule is CN(C1CCCCC1)S(=O)(=O)N1CCN(C(=O)CN2CCCCCCC2=O)CC1. The van der Waals surface area contributed by atoms with Crippen molar-refractivity contribution < 1.29 is 18.0 Å². The second-order valence-electron chi connectivity index (χ2n) is 8.58. The van der Waals surface area contributed by atoms with Crippen LogP contribution >= 0.6 is 0 Å². The molecule has 8 nitrogen and oxygen atoms in total. The van der Waals surface area contributed by atoms with E-state index in [4.69, 9.17) is 0 Å². The van der Waals surface area contributed by atoms with Crippen molar-refractivity contribution in [2.75, 3.05) is 46.3 Å². The lowest BCUT2D eigenvalue weighted by atomic mass is 9.96. The summed E-state index contributed by atoms with van der Waals surface area (Å²) in [7, 11) is -1.80. The molecule has 166 valence electrons. The van der Waals surface area contributed by atoms with Crippen molar-refractivity contribution in [1.82, 2.24) is 18.4 Å². The molecule has 2 aliphatic heterocycles. The van der Waals surface area contributed by atoms with Crippen molar-refractivity contribution in [2.24, 2.45) is 0 Å². The van der Waals surface area contributed by atoms with Crippen LogP contribution in [0.2, 0.25) is 0 Å². The van der Waals surface area contributed by atoms with Gasteiger partial charge in [-0.05, 0) is 25.7 Å². The Morgan fingerprint density at radius 2 is 1.55 bits per heavy atom. The van der Waals surface area contributed by atoms with Crippen LogP contribution in [-0.4, -0.2) is 91.0 Å². The van der Waals surface area contributed by atoms with E-state index >= 15 is 0 Å². The Morgan fingerprint density at radius 1 is 0.931 bits per heavy atom. The predicted octanol–water partition coefficient (Wildman–Crippen LogP) is 1.43. The van der Waals surface area contributed by atoms with Crippen molar-refractivity contribution in [3.63, 3.8) is 0 Å². The van der Waals surface area contributed by atoms with E-state index < -0.39 is 10.2 Å². The van der Waals surface area contributed by atoms with Crippen molar-refractivity contribution in [3.05, 3.63) is 0 Å². The molecule has 0 radical (unpaired) electrons. The van der Waals surface area contributed by atoms with Gasteiger partial charge in [0.25, 0.3) is 10.2 Å². The lowest BCUT2D eigenvalue weighted by molar-refractivity contribution is -0.141. The van der Waals surface area contributed by atoms with Gasteiger partial charge in [-0.3, -0.25) is 9.59 Å². The average Bonchev–Trinajstić information content (AvgIpc) is 2.73. The summed E-state index contributed by atoms with van der Waals surface area (Å²) in [5.74, 6) is -0.00928. The van der Waals surface area contributed by atoms with Crippen LogP contribution in [0.1, 0.15) is 64.2 Å². The number of amides is 2. The first-order chi connectivity index (χ1) is 13.9. The first kappa shape index (κ1) is 22.5. The molecule has 1 aliphatic carbocycles. The number of nitrogens with zero attached hydrogens (tertiary/aromatic N) is 4. The van der Waals surface area contributed by atoms with E-state index in [-0.39, 0.29) is 24.4 Å². The van der Waals surface area contributed by atoms with E-state index in [1.807, 2.05) is 0 Å². The molecule has 0 atom stereocenters. The molecular weight excluding hydrogens is 392 g/mol. The van der Waals surface area contributed by atoms with Crippen LogP contribution in [0.5, 0.6) is 0 Å². The van der Waals surface area contributed by atoms with E-state index in [0.29, 0.717) is 39.1 Å². The third-order valence-corrected chi connectivity index (χ3v) is 8.66. The summed E-state index contributed by atoms with van der Waals surface area (Å²) in [5.41, 5.74) is 0. The van der Waals surface area contributed by atoms with E-state index in [2.05, 4.69) is 0 Å². The molecule has 1 saturated carbocycles. The summed E-state index contributed by atoms with van der Waals surface area (Å²) in [6.07, 6.45) is 9.76. The molecule has 2 heterocycles. The fraction of sp³-hybridized carbons (Fsp3) is 0.900. The van der Waals surface area contributed by atoms with E-state index in [9.17, 15) is 18.0 Å². The second-order valence-corrected chi connectivity index (χ2v) is 10.6. The predicted molar refractivity (Wildman–Crippen MR) is 111 cm³/mol. The van der Waals surface area contributed by atoms with Crippen molar-refractivity contribution in [3.8, 4) is 0 Å². The molecule has 0 N–H and O–H groups in total. The molecule has 2 saturated heterocycles. The highest BCUT2D eigenvalue weighted by molar-refractivity contribution is 7.86. The van der Waals surface area contributed by atoms with Crippen LogP contribution < -0.4 is 0 Å². The second kappa shape index (κ2) is 10.2. The first-order valence-electron chi connectivity index (χ1n) is 11.2. The van der Waals surface area contributed by atoms with Gasteiger partial charge >= 0.3 is 0 Å². The highest BCUT2D eigenvalue weighted by Gasteiger charge is 2.35. The Labute approximate surface area is 175 Å². The summed E-state index contributed by atoms with van der Waals surface area (Å²) < 4.78 is 29.0. The number of rotatable bonds is 5. The third-order valence-electron chi connectivity index (χ3n) is 6.62. The molecular formula is C20H36N4O4S. The standard InChI is InChI=1S/C20H36N4O4S/c1-21(18-9-5-4-6-10-18)29(27,28)24-15-13-22(14-16-24)20(26)17-23-12-8-3-2-7-11-19(23)25/h18H,2-17H2,1H3. The number of likely N-dealkylation sites (tertiary alicyclic amines) is 1. The van der Waals surface area contributed by atoms with Gasteiger partial charge in [0.05, 0.1) is 6.54 Å². The molecule has 0 aromatic carbocycles. The Kier molecular flexibility index (Phi) is 7.92. The molecule has 9 heteroatoms. The molecule has 3 rings (SSSR count). The van der Waals surface area contributed by atoms with Gasteiger partial charge in [0.2, 0.25) is 11.8 Å². The van der Waals surface area contributed by atoms with Gasteiger partial charge in [-0.25, -0.2) is 0 Å². The monoisotopic (exact) mass is 428 g/mol. The minimum Gasteiger partial charge on any atom is -0.339 e. The third kappa shape index (κ3) is 5.70. The minimum absolute atomic E-state index is 0.0633. The quantitative estimate of drug-likeness (QED) is 0.663. The Morgan fingerprint density at radius 3 is 2.24 bits per heavy atom. The lowest BCUT2D eigenvalue weighted by Crippen LogP contribution is -2.56. The van der Waals surface area contributed by atoms with Crippen LogP contribution in [0.3, 0.4) is 0 Å². The molecule has 0 aromatic heterocycles. The van der Waals surface area contributed by atoms with E-state index in [1.54, 1.807) is 21.2 Å². The highest BCUT2D eigenvalue weighted by atomic mass is 32.2. The normalized spacial score (nSPS) is 23.9. The van der Waals surface area contributed by atoms with E-state index in [1.165, 1.54) is 10.7 Å². The van der Waals surface area contributed by atoms with Crippen molar-refractivity contribution in [1.29, 1.82) is 0 Å². The zero-order valence-corrected chi connectivity index (χ0v) is 18.5. The maximum Gasteiger partial charge on any atom is 0.282 e. The molecule has 3 aliphatic rings. The maximum atomic E-state index is 13.0. The van der Waals surface area contributed by atoms with Crippen LogP contribution in [-0.2, 0) is 19.8 Å². The van der Waals surface area contributed by atoms with Gasteiger partial charge in [0.1, 0.15) is 0 Å². The highest BCUT2D eigenvalue weighted by Crippen LogP contribution is 2.25. The minimum atomic E-state index is -3.49. The molecule has 2 amide bonds. The zero-order valence-electron chi connectivity index (χ0n) is 17.7. The number of carbonyl (C=O) groups is 2. The smallest absolute Gasteiger partial charge is 0.282 e. The fourth-order valence-corrected chi connectivity index (χ4v) is 6.21. The van der Waals surface area contributed by atoms with Crippen LogP contribution in [0.4, 0.5) is 0 Å². The van der Waals surface area contributed by atoms with Crippen LogP contribution in [0.15, 0.2) is 0 Å². The fourth-order valence-electron chi connectivity index (χ4n) is 4.63. The number of carbonyl (C=O) groups excluding carboxylic acids is 2. The van der Waals surface area contributed by atoms with Gasteiger partial charge in [-0.1, -0.05) is 32.1 Å². The van der Waals surface area contributed by atoms with Crippen LogP contribution in [0.25, 0.3) is 0 Å². The Balaban J connectivity index is 1.51. The van der Waals surface area contributed by atoms with E-state index in [0.717, 1.165) is 51.4 Å². The Hall–Kier alpha value is -1.19. The average molecular weight is 429 g/mol. The summed E-state index contributed by atoms with van der Waals surface area (Å²) in [6.45, 7) is 2.17. The summed E-state index contributed by atoms with van der Waals surface area (Å²) in [6, 6.07) is 0.0894. The molecule has 0 aromatic rings. The number of hydrogen-bond acceptors (Lipinski definition) is 4. The molecule has 3 fully saturated rings. The number of piperazine rings is 1. The molecule has 29 heavy (non-hydrogen) atoms. The van der Waals surface area contributed by atoms with Crippen molar-refractivity contribution >= 4 is 22.0 Å². The zero-order chi connectivity index (χ0) is 20.9. The molecule has 0 bridgehead atoms. The topological polar surface area (TPSA) is 81.2 Å². The maximum absolute atomic E-state index is 13.0. The summed E-state index contributed by atoms with van der Waals surface area (Å²) in [5, 5.41) is 0. The van der Waals surface area contributed by atoms with Gasteiger partial charge in [0.15, 0.2) is 0 Å². The van der Waals surface area contributed by atoms with Gasteiger partial charge in [0, 0.05) is 52.2 Å². The lowest BCUT2D eigenvalue weighted by Gasteiger charge is -2.39. The van der Waals surface area contributed by atoms with Crippen LogP contribution in [0, 0.1) is 0 Å². The van der Waals surface area contributed by atoms with Gasteiger partial charge in [-0.15, -0.1) is 0 Å². The Bertz CT molecular complexity index is 670. The van der Waals surface area contributed by atoms with Gasteiger partial charge in [-0.2, -0.15) is 17.0 Å². The first-order valence-corrected chi connectivity index (χ1v) is 12.6. The summed E-state index contributed by atoms with van der Waals surface area (Å²) >= 11 is 0. The largest absolute Gasteiger partial charge is 0.339 e. The van der Waals surface area contributed by atoms with Crippen molar-refractivity contribution in [2.45, 2.75) is 70.3 Å². The molecule has 0 unspecified atom stereocenters. The van der Waals surface area contributed by atoms with Gasteiger partial charge < -0.3 is 9.80 Å².